The van der Waals surface area contributed by atoms with Crippen molar-refractivity contribution in [2.45, 2.75) is 13.8 Å². The molecule has 1 rings (SSSR count). The molecule has 0 atom stereocenters. The highest BCUT2D eigenvalue weighted by molar-refractivity contribution is 5.96. The van der Waals surface area contributed by atoms with Gasteiger partial charge < -0.3 is 9.84 Å². The Labute approximate surface area is 75.1 Å². The zero-order chi connectivity index (χ0) is 9.84. The van der Waals surface area contributed by atoms with Crippen molar-refractivity contribution >= 4 is 11.7 Å². The van der Waals surface area contributed by atoms with Gasteiger partial charge in [0.15, 0.2) is 0 Å². The molecule has 0 saturated carbocycles. The van der Waals surface area contributed by atoms with E-state index < -0.39 is 0 Å². The molecule has 5 nitrogen and oxygen atoms in total. The number of carbonyl (C=O) groups is 2. The normalized spacial score (nSPS) is 9.69. The van der Waals surface area contributed by atoms with Gasteiger partial charge in [-0.25, -0.2) is 0 Å². The maximum absolute atomic E-state index is 11.3. The molecule has 0 unspecified atom stereocenters. The number of hydrogen-bond donors (Lipinski definition) is 1. The Balaban J connectivity index is 2.59. The Kier molecular flexibility index (Phi) is 2.79. The van der Waals surface area contributed by atoms with Crippen LogP contribution < -0.4 is 5.32 Å². The van der Waals surface area contributed by atoms with E-state index >= 15 is 0 Å². The summed E-state index contributed by atoms with van der Waals surface area (Å²) in [6.07, 6.45) is 1.32. The molecule has 0 aliphatic carbocycles. The lowest BCUT2D eigenvalue weighted by molar-refractivity contribution is -0.116. The third-order valence-corrected chi connectivity index (χ3v) is 1.49. The van der Waals surface area contributed by atoms with Crippen molar-refractivity contribution in [2.75, 3.05) is 6.54 Å². The average molecular weight is 182 g/mol. The molecule has 1 N–H and O–H groups in total. The molecule has 0 bridgehead atoms. The summed E-state index contributed by atoms with van der Waals surface area (Å²) in [7, 11) is 0. The summed E-state index contributed by atoms with van der Waals surface area (Å²) >= 11 is 0. The molecule has 0 spiro atoms. The topological polar surface area (TPSA) is 72.2 Å². The lowest BCUT2D eigenvalue weighted by Gasteiger charge is -1.99. The summed E-state index contributed by atoms with van der Waals surface area (Å²) in [4.78, 5) is 21.8. The van der Waals surface area contributed by atoms with Crippen LogP contribution in [0.25, 0.3) is 0 Å². The van der Waals surface area contributed by atoms with E-state index in [0.717, 1.165) is 0 Å². The fraction of sp³-hybridized carbons (Fsp3) is 0.375. The molecule has 0 aromatic carbocycles. The van der Waals surface area contributed by atoms with Crippen LogP contribution in [0.4, 0.5) is 0 Å². The number of nitrogens with one attached hydrogen (secondary N) is 1. The van der Waals surface area contributed by atoms with Crippen molar-refractivity contribution in [1.82, 2.24) is 10.5 Å². The molecule has 1 heterocycles. The van der Waals surface area contributed by atoms with E-state index in [1.54, 1.807) is 6.92 Å². The zero-order valence-electron chi connectivity index (χ0n) is 7.46. The number of hydrogen-bond acceptors (Lipinski definition) is 4. The number of Topliss-reactive ketones (excluding diaryl/α,β-unsaturated/α-hetero) is 1. The van der Waals surface area contributed by atoms with E-state index in [-0.39, 0.29) is 18.2 Å². The number of ketones is 1. The molecular weight excluding hydrogens is 172 g/mol. The van der Waals surface area contributed by atoms with Gasteiger partial charge in [-0.2, -0.15) is 0 Å². The number of amides is 1. The van der Waals surface area contributed by atoms with Crippen molar-refractivity contribution in [2.24, 2.45) is 0 Å². The van der Waals surface area contributed by atoms with Crippen molar-refractivity contribution in [3.05, 3.63) is 17.5 Å². The Hall–Kier alpha value is -1.65. The first-order chi connectivity index (χ1) is 6.11. The van der Waals surface area contributed by atoms with Crippen molar-refractivity contribution in [3.63, 3.8) is 0 Å². The van der Waals surface area contributed by atoms with Crippen LogP contribution in [-0.2, 0) is 4.79 Å². The first-order valence-electron chi connectivity index (χ1n) is 3.80. The summed E-state index contributed by atoms with van der Waals surface area (Å²) in [6, 6.07) is 0. The van der Waals surface area contributed by atoms with E-state index in [1.165, 1.54) is 13.1 Å². The number of aryl methyl sites for hydroxylation is 1. The Morgan fingerprint density at radius 2 is 2.31 bits per heavy atom. The van der Waals surface area contributed by atoms with E-state index in [1.807, 2.05) is 0 Å². The third-order valence-electron chi connectivity index (χ3n) is 1.49. The first-order valence-corrected chi connectivity index (χ1v) is 3.80. The molecule has 0 saturated heterocycles. The minimum Gasteiger partial charge on any atom is -0.361 e. The lowest BCUT2D eigenvalue weighted by atomic mass is 10.2. The van der Waals surface area contributed by atoms with Crippen molar-refractivity contribution in [1.29, 1.82) is 0 Å². The van der Waals surface area contributed by atoms with Crippen LogP contribution in [0, 0.1) is 6.92 Å². The maximum atomic E-state index is 11.3. The molecule has 5 heteroatoms. The third kappa shape index (κ3) is 2.40. The van der Waals surface area contributed by atoms with Gasteiger partial charge in [-0.15, -0.1) is 0 Å². The smallest absolute Gasteiger partial charge is 0.256 e. The quantitative estimate of drug-likeness (QED) is 0.729. The second-order valence-corrected chi connectivity index (χ2v) is 2.68. The highest BCUT2D eigenvalue weighted by Gasteiger charge is 2.12. The van der Waals surface area contributed by atoms with Crippen molar-refractivity contribution in [3.8, 4) is 0 Å². The maximum Gasteiger partial charge on any atom is 0.256 e. The second-order valence-electron chi connectivity index (χ2n) is 2.68. The van der Waals surface area contributed by atoms with Gasteiger partial charge in [-0.3, -0.25) is 9.59 Å². The van der Waals surface area contributed by atoms with Crippen LogP contribution in [-0.4, -0.2) is 23.4 Å². The molecule has 1 aromatic rings. The van der Waals surface area contributed by atoms with Gasteiger partial charge in [0, 0.05) is 0 Å². The lowest BCUT2D eigenvalue weighted by Crippen LogP contribution is -2.28. The van der Waals surface area contributed by atoms with Gasteiger partial charge >= 0.3 is 0 Å². The minimum absolute atomic E-state index is 0.0312. The standard InChI is InChI=1S/C8H10N2O3/c1-5(11)3-9-8(12)7-4-10-13-6(7)2/h4H,3H2,1-2H3,(H,9,12). The second kappa shape index (κ2) is 3.84. The first kappa shape index (κ1) is 9.44. The van der Waals surface area contributed by atoms with Crippen LogP contribution in [0.3, 0.4) is 0 Å². The number of nitrogens with zero attached hydrogens (tertiary/aromatic N) is 1. The molecule has 1 amide bonds. The molecule has 13 heavy (non-hydrogen) atoms. The number of carbonyl (C=O) groups excluding carboxylic acids is 2. The van der Waals surface area contributed by atoms with Crippen LogP contribution in [0.5, 0.6) is 0 Å². The van der Waals surface area contributed by atoms with Gasteiger partial charge in [0.25, 0.3) is 5.91 Å². The monoisotopic (exact) mass is 182 g/mol. The van der Waals surface area contributed by atoms with Crippen molar-refractivity contribution < 1.29 is 14.1 Å². The predicted octanol–water partition coefficient (Wildman–Crippen LogP) is 0.302. The Morgan fingerprint density at radius 1 is 1.62 bits per heavy atom. The summed E-state index contributed by atoms with van der Waals surface area (Å²) in [5.74, 6) is 0.0115. The van der Waals surface area contributed by atoms with Gasteiger partial charge in [0.1, 0.15) is 17.1 Å². The summed E-state index contributed by atoms with van der Waals surface area (Å²) in [5, 5.41) is 5.89. The molecule has 70 valence electrons. The molecule has 1 aromatic heterocycles. The average Bonchev–Trinajstić information content (AvgIpc) is 2.47. The molecule has 0 aliphatic heterocycles. The van der Waals surface area contributed by atoms with Gasteiger partial charge in [-0.05, 0) is 13.8 Å². The summed E-state index contributed by atoms with van der Waals surface area (Å²) in [6.45, 7) is 3.07. The van der Waals surface area contributed by atoms with Gasteiger partial charge in [0.2, 0.25) is 0 Å². The fourth-order valence-corrected chi connectivity index (χ4v) is 0.817. The van der Waals surface area contributed by atoms with Crippen LogP contribution in [0.15, 0.2) is 10.7 Å². The van der Waals surface area contributed by atoms with E-state index in [9.17, 15) is 9.59 Å². The minimum atomic E-state index is -0.339. The van der Waals surface area contributed by atoms with Crippen LogP contribution >= 0.6 is 0 Å². The molecule has 0 radical (unpaired) electrons. The molecule has 0 aliphatic rings. The zero-order valence-corrected chi connectivity index (χ0v) is 7.46. The Bertz CT molecular complexity index is 330. The summed E-state index contributed by atoms with van der Waals surface area (Å²) in [5.41, 5.74) is 0.362. The van der Waals surface area contributed by atoms with Gasteiger partial charge in [-0.1, -0.05) is 5.16 Å². The summed E-state index contributed by atoms with van der Waals surface area (Å²) < 4.78 is 4.70. The van der Waals surface area contributed by atoms with Crippen LogP contribution in [0.2, 0.25) is 0 Å². The highest BCUT2D eigenvalue weighted by Crippen LogP contribution is 2.04. The molecule has 0 fully saturated rings. The highest BCUT2D eigenvalue weighted by atomic mass is 16.5. The predicted molar refractivity (Wildman–Crippen MR) is 44.3 cm³/mol. The van der Waals surface area contributed by atoms with E-state index in [4.69, 9.17) is 4.52 Å². The number of aromatic nitrogens is 1. The van der Waals surface area contributed by atoms with Gasteiger partial charge in [0.05, 0.1) is 12.7 Å². The van der Waals surface area contributed by atoms with E-state index in [0.29, 0.717) is 11.3 Å². The van der Waals surface area contributed by atoms with Crippen LogP contribution in [0.1, 0.15) is 23.0 Å². The largest absolute Gasteiger partial charge is 0.361 e. The van der Waals surface area contributed by atoms with E-state index in [2.05, 4.69) is 10.5 Å². The Morgan fingerprint density at radius 3 is 2.77 bits per heavy atom. The SMILES string of the molecule is CC(=O)CNC(=O)c1cnoc1C. The number of rotatable bonds is 3. The fourth-order valence-electron chi connectivity index (χ4n) is 0.817. The molecular formula is C8H10N2O3.